The lowest BCUT2D eigenvalue weighted by Crippen LogP contribution is -2.07. The van der Waals surface area contributed by atoms with E-state index in [9.17, 15) is 9.90 Å². The third kappa shape index (κ3) is 3.50. The van der Waals surface area contributed by atoms with Crippen molar-refractivity contribution in [3.63, 3.8) is 0 Å². The summed E-state index contributed by atoms with van der Waals surface area (Å²) in [6.45, 7) is 1.94. The van der Waals surface area contributed by atoms with Gasteiger partial charge in [0, 0.05) is 30.1 Å². The number of benzene rings is 1. The summed E-state index contributed by atoms with van der Waals surface area (Å²) in [6, 6.07) is 9.35. The van der Waals surface area contributed by atoms with Gasteiger partial charge < -0.3 is 10.0 Å². The van der Waals surface area contributed by atoms with Crippen molar-refractivity contribution < 1.29 is 9.90 Å². The molecule has 7 heteroatoms. The van der Waals surface area contributed by atoms with Gasteiger partial charge in [0.05, 0.1) is 17.7 Å². The van der Waals surface area contributed by atoms with Crippen molar-refractivity contribution in [1.29, 1.82) is 0 Å². The molecular weight excluding hydrogens is 358 g/mol. The highest BCUT2D eigenvalue weighted by Gasteiger charge is 2.20. The smallest absolute Gasteiger partial charge is 0.348 e. The van der Waals surface area contributed by atoms with Crippen LogP contribution in [0.4, 0.5) is 5.69 Å². The van der Waals surface area contributed by atoms with Gasteiger partial charge in [-0.3, -0.25) is 0 Å². The summed E-state index contributed by atoms with van der Waals surface area (Å²) >= 11 is 7.08. The number of rotatable bonds is 4. The van der Waals surface area contributed by atoms with Crippen molar-refractivity contribution in [3.8, 4) is 11.3 Å². The normalized spacial score (nSPS) is 11.4. The molecule has 0 spiro atoms. The lowest BCUT2D eigenvalue weighted by Gasteiger charge is -2.06. The van der Waals surface area contributed by atoms with Crippen LogP contribution in [0.2, 0.25) is 5.02 Å². The summed E-state index contributed by atoms with van der Waals surface area (Å²) < 4.78 is 0. The Labute approximate surface area is 154 Å². The highest BCUT2D eigenvalue weighted by atomic mass is 35.5. The predicted molar refractivity (Wildman–Crippen MR) is 104 cm³/mol. The number of halogens is 1. The second kappa shape index (κ2) is 6.82. The van der Waals surface area contributed by atoms with Crippen LogP contribution >= 0.6 is 22.9 Å². The number of thiophene rings is 1. The maximum absolute atomic E-state index is 11.6. The Balaban J connectivity index is 2.22. The van der Waals surface area contributed by atoms with Gasteiger partial charge in [0.25, 0.3) is 0 Å². The highest BCUT2D eigenvalue weighted by molar-refractivity contribution is 7.21. The molecule has 0 unspecified atom stereocenters. The van der Waals surface area contributed by atoms with E-state index in [0.29, 0.717) is 15.5 Å². The fourth-order valence-electron chi connectivity index (χ4n) is 2.47. The van der Waals surface area contributed by atoms with Crippen LogP contribution in [0.15, 0.2) is 35.3 Å². The number of aliphatic imine (C=N–C) groups is 1. The first-order valence-electron chi connectivity index (χ1n) is 7.51. The lowest BCUT2D eigenvalue weighted by molar-refractivity contribution is 0.0703. The number of carbonyl (C=O) groups is 1. The van der Waals surface area contributed by atoms with E-state index in [2.05, 4.69) is 9.98 Å². The SMILES string of the molecule is Cc1cc(-c2ccc(Cl)cc2)nc2sc(C(=O)O)c(N=CN(C)C)c12. The standard InChI is InChI=1S/C18H16ClN3O2S/c1-10-8-13(11-4-6-12(19)7-5-11)21-17-14(10)15(20-9-22(2)3)16(25-17)18(23)24/h4-9H,1-3H3,(H,23,24). The molecule has 0 amide bonds. The Morgan fingerprint density at radius 1 is 1.32 bits per heavy atom. The van der Waals surface area contributed by atoms with E-state index in [-0.39, 0.29) is 4.88 Å². The van der Waals surface area contributed by atoms with Gasteiger partial charge in [-0.15, -0.1) is 11.3 Å². The molecule has 2 aromatic heterocycles. The van der Waals surface area contributed by atoms with E-state index in [1.54, 1.807) is 11.2 Å². The second-order valence-corrected chi connectivity index (χ2v) is 7.24. The molecule has 1 aromatic carbocycles. The summed E-state index contributed by atoms with van der Waals surface area (Å²) in [5.74, 6) is -0.999. The Bertz CT molecular complexity index is 978. The molecule has 3 rings (SSSR count). The maximum Gasteiger partial charge on any atom is 0.348 e. The van der Waals surface area contributed by atoms with Gasteiger partial charge in [0.1, 0.15) is 9.71 Å². The third-order valence-corrected chi connectivity index (χ3v) is 4.90. The molecule has 0 aliphatic heterocycles. The average Bonchev–Trinajstić information content (AvgIpc) is 2.93. The summed E-state index contributed by atoms with van der Waals surface area (Å²) in [7, 11) is 3.67. The fourth-order valence-corrected chi connectivity index (χ4v) is 3.64. The molecule has 0 bridgehead atoms. The number of aromatic carboxylic acids is 1. The summed E-state index contributed by atoms with van der Waals surface area (Å²) in [5.41, 5.74) is 3.10. The van der Waals surface area contributed by atoms with Crippen LogP contribution in [-0.2, 0) is 0 Å². The van der Waals surface area contributed by atoms with Crippen LogP contribution in [0.5, 0.6) is 0 Å². The van der Waals surface area contributed by atoms with Crippen LogP contribution in [0, 0.1) is 6.92 Å². The predicted octanol–water partition coefficient (Wildman–Crippen LogP) is 4.84. The molecule has 0 atom stereocenters. The first kappa shape index (κ1) is 17.4. The maximum atomic E-state index is 11.6. The van der Waals surface area contributed by atoms with Gasteiger partial charge in [-0.05, 0) is 30.7 Å². The Hall–Kier alpha value is -2.44. The van der Waals surface area contributed by atoms with Crippen LogP contribution in [0.3, 0.4) is 0 Å². The Morgan fingerprint density at radius 3 is 2.60 bits per heavy atom. The van der Waals surface area contributed by atoms with Crippen LogP contribution in [0.25, 0.3) is 21.5 Å². The molecule has 2 heterocycles. The Morgan fingerprint density at radius 2 is 2.00 bits per heavy atom. The minimum absolute atomic E-state index is 0.192. The molecular formula is C18H16ClN3O2S. The van der Waals surface area contributed by atoms with Gasteiger partial charge in [-0.25, -0.2) is 14.8 Å². The zero-order valence-corrected chi connectivity index (χ0v) is 15.5. The summed E-state index contributed by atoms with van der Waals surface area (Å²) in [4.78, 5) is 23.3. The molecule has 25 heavy (non-hydrogen) atoms. The molecule has 0 saturated carbocycles. The topological polar surface area (TPSA) is 65.8 Å². The average molecular weight is 374 g/mol. The number of hydrogen-bond donors (Lipinski definition) is 1. The zero-order valence-electron chi connectivity index (χ0n) is 13.9. The minimum atomic E-state index is -0.999. The molecule has 0 fully saturated rings. The number of hydrogen-bond acceptors (Lipinski definition) is 4. The number of aryl methyl sites for hydroxylation is 1. The number of aromatic nitrogens is 1. The zero-order chi connectivity index (χ0) is 18.1. The molecule has 0 saturated heterocycles. The molecule has 0 aliphatic rings. The molecule has 3 aromatic rings. The summed E-state index contributed by atoms with van der Waals surface area (Å²) in [6.07, 6.45) is 1.60. The first-order valence-corrected chi connectivity index (χ1v) is 8.70. The van der Waals surface area contributed by atoms with E-state index < -0.39 is 5.97 Å². The molecule has 1 N–H and O–H groups in total. The lowest BCUT2D eigenvalue weighted by atomic mass is 10.1. The fraction of sp³-hybridized carbons (Fsp3) is 0.167. The van der Waals surface area contributed by atoms with Crippen molar-refractivity contribution >= 4 is 51.1 Å². The van der Waals surface area contributed by atoms with Crippen LogP contribution < -0.4 is 0 Å². The minimum Gasteiger partial charge on any atom is -0.477 e. The molecule has 128 valence electrons. The van der Waals surface area contributed by atoms with Gasteiger partial charge in [-0.1, -0.05) is 23.7 Å². The van der Waals surface area contributed by atoms with Gasteiger partial charge in [0.2, 0.25) is 0 Å². The number of nitrogens with zero attached hydrogens (tertiary/aromatic N) is 3. The third-order valence-electron chi connectivity index (χ3n) is 3.59. The number of carboxylic acid groups (broad SMARTS) is 1. The number of pyridine rings is 1. The van der Waals surface area contributed by atoms with Crippen LogP contribution in [-0.4, -0.2) is 41.4 Å². The van der Waals surface area contributed by atoms with E-state index in [0.717, 1.165) is 33.5 Å². The largest absolute Gasteiger partial charge is 0.477 e. The van der Waals surface area contributed by atoms with E-state index in [1.807, 2.05) is 51.4 Å². The van der Waals surface area contributed by atoms with Crippen molar-refractivity contribution in [2.45, 2.75) is 6.92 Å². The van der Waals surface area contributed by atoms with Gasteiger partial charge in [-0.2, -0.15) is 0 Å². The van der Waals surface area contributed by atoms with Crippen molar-refractivity contribution in [1.82, 2.24) is 9.88 Å². The van der Waals surface area contributed by atoms with Crippen molar-refractivity contribution in [3.05, 3.63) is 45.8 Å². The summed E-state index contributed by atoms with van der Waals surface area (Å²) in [5, 5.41) is 11.0. The van der Waals surface area contributed by atoms with Crippen molar-refractivity contribution in [2.75, 3.05) is 14.1 Å². The molecule has 0 radical (unpaired) electrons. The van der Waals surface area contributed by atoms with Crippen LogP contribution in [0.1, 0.15) is 15.2 Å². The Kier molecular flexibility index (Phi) is 4.74. The van der Waals surface area contributed by atoms with Gasteiger partial charge in [0.15, 0.2) is 0 Å². The van der Waals surface area contributed by atoms with Crippen molar-refractivity contribution in [2.24, 2.45) is 4.99 Å². The number of carboxylic acids is 1. The highest BCUT2D eigenvalue weighted by Crippen LogP contribution is 2.40. The van der Waals surface area contributed by atoms with Gasteiger partial charge >= 0.3 is 5.97 Å². The second-order valence-electron chi connectivity index (χ2n) is 5.80. The van der Waals surface area contributed by atoms with E-state index >= 15 is 0 Å². The van der Waals surface area contributed by atoms with E-state index in [1.165, 1.54) is 0 Å². The molecule has 5 nitrogen and oxygen atoms in total. The monoisotopic (exact) mass is 373 g/mol. The first-order chi connectivity index (χ1) is 11.9. The number of fused-ring (bicyclic) bond motifs is 1. The molecule has 0 aliphatic carbocycles. The quantitative estimate of drug-likeness (QED) is 0.524. The van der Waals surface area contributed by atoms with E-state index in [4.69, 9.17) is 11.6 Å².